The summed E-state index contributed by atoms with van der Waals surface area (Å²) in [5.74, 6) is 0. The van der Waals surface area contributed by atoms with Crippen molar-refractivity contribution in [1.82, 2.24) is 0 Å². The molecule has 40 valence electrons. The Kier molecular flexibility index (Phi) is 2.88. The molecule has 0 unspecified atom stereocenters. The summed E-state index contributed by atoms with van der Waals surface area (Å²) in [5, 5.41) is 0.440. The number of hydrogen-bond donors (Lipinski definition) is 0. The highest BCUT2D eigenvalue weighted by atomic mass is 35.5. The van der Waals surface area contributed by atoms with E-state index in [1.807, 2.05) is 0 Å². The molecule has 0 aliphatic rings. The second kappa shape index (κ2) is 2.94. The van der Waals surface area contributed by atoms with Gasteiger partial charge in [0.2, 0.25) is 0 Å². The Labute approximate surface area is 52.7 Å². The number of hydrogen-bond acceptors (Lipinski definition) is 1. The summed E-state index contributed by atoms with van der Waals surface area (Å²) in [7, 11) is 0. The highest BCUT2D eigenvalue weighted by Crippen LogP contribution is 2.04. The van der Waals surface area contributed by atoms with Crippen LogP contribution in [0.2, 0.25) is 5.22 Å². The average molecular weight is 139 g/mol. The van der Waals surface area contributed by atoms with Crippen molar-refractivity contribution < 1.29 is 4.42 Å². The minimum Gasteiger partial charge on any atom is -0.453 e. The summed E-state index contributed by atoms with van der Waals surface area (Å²) in [5.41, 5.74) is 0. The predicted molar refractivity (Wildman–Crippen MR) is 31.0 cm³/mol. The van der Waals surface area contributed by atoms with Crippen LogP contribution in [0, 0.1) is 0 Å². The maximum Gasteiger partial charge on any atom is 0.192 e. The molecule has 0 saturated carbocycles. The van der Waals surface area contributed by atoms with Gasteiger partial charge in [0.05, 0.1) is 6.26 Å². The Bertz CT molecular complexity index is 113. The topological polar surface area (TPSA) is 13.1 Å². The SMILES string of the molecule is Cl.Clc1ccco1. The van der Waals surface area contributed by atoms with Gasteiger partial charge in [-0.1, -0.05) is 0 Å². The largest absolute Gasteiger partial charge is 0.453 e. The average Bonchev–Trinajstić information content (AvgIpc) is 1.86. The lowest BCUT2D eigenvalue weighted by molar-refractivity contribution is 0.569. The van der Waals surface area contributed by atoms with Crippen molar-refractivity contribution in [3.05, 3.63) is 23.6 Å². The monoisotopic (exact) mass is 138 g/mol. The van der Waals surface area contributed by atoms with Crippen LogP contribution in [0.15, 0.2) is 22.8 Å². The number of halogens is 2. The quantitative estimate of drug-likeness (QED) is 0.537. The van der Waals surface area contributed by atoms with Crippen LogP contribution < -0.4 is 0 Å². The lowest BCUT2D eigenvalue weighted by Crippen LogP contribution is -1.34. The predicted octanol–water partition coefficient (Wildman–Crippen LogP) is 2.35. The van der Waals surface area contributed by atoms with Crippen molar-refractivity contribution in [3.8, 4) is 0 Å². The minimum atomic E-state index is 0. The molecule has 1 aromatic rings. The van der Waals surface area contributed by atoms with Gasteiger partial charge >= 0.3 is 0 Å². The molecule has 0 fully saturated rings. The van der Waals surface area contributed by atoms with E-state index in [2.05, 4.69) is 4.42 Å². The van der Waals surface area contributed by atoms with Gasteiger partial charge in [-0.05, 0) is 23.7 Å². The third kappa shape index (κ3) is 1.86. The van der Waals surface area contributed by atoms with Crippen LogP contribution in [0.5, 0.6) is 0 Å². The number of rotatable bonds is 0. The fraction of sp³-hybridized carbons (Fsp3) is 0. The first-order valence-corrected chi connectivity index (χ1v) is 1.96. The lowest BCUT2D eigenvalue weighted by Gasteiger charge is -1.65. The van der Waals surface area contributed by atoms with Crippen LogP contribution in [0.4, 0.5) is 0 Å². The molecule has 0 aromatic carbocycles. The summed E-state index contributed by atoms with van der Waals surface area (Å²) >= 11 is 5.29. The normalized spacial score (nSPS) is 7.57. The van der Waals surface area contributed by atoms with Crippen molar-refractivity contribution in [2.24, 2.45) is 0 Å². The van der Waals surface area contributed by atoms with Crippen molar-refractivity contribution in [1.29, 1.82) is 0 Å². The first-order valence-electron chi connectivity index (χ1n) is 1.58. The van der Waals surface area contributed by atoms with Gasteiger partial charge in [-0.3, -0.25) is 0 Å². The highest BCUT2D eigenvalue weighted by molar-refractivity contribution is 6.28. The molecule has 0 aliphatic heterocycles. The first kappa shape index (κ1) is 6.86. The van der Waals surface area contributed by atoms with E-state index in [4.69, 9.17) is 11.6 Å². The fourth-order valence-electron chi connectivity index (χ4n) is 0.259. The second-order valence-electron chi connectivity index (χ2n) is 0.917. The Morgan fingerprint density at radius 3 is 2.43 bits per heavy atom. The zero-order valence-corrected chi connectivity index (χ0v) is 5.00. The van der Waals surface area contributed by atoms with Gasteiger partial charge in [0.25, 0.3) is 0 Å². The molecule has 7 heavy (non-hydrogen) atoms. The smallest absolute Gasteiger partial charge is 0.192 e. The Hall–Kier alpha value is -0.140. The molecule has 0 amide bonds. The van der Waals surface area contributed by atoms with Crippen LogP contribution in [-0.4, -0.2) is 0 Å². The van der Waals surface area contributed by atoms with Crippen molar-refractivity contribution in [2.45, 2.75) is 0 Å². The summed E-state index contributed by atoms with van der Waals surface area (Å²) in [6.45, 7) is 0. The molecule has 1 rings (SSSR count). The Balaban J connectivity index is 0.000000360. The lowest BCUT2D eigenvalue weighted by atomic mass is 10.7. The standard InChI is InChI=1S/C4H3ClO.ClH/c5-4-2-1-3-6-4;/h1-3H;1H. The van der Waals surface area contributed by atoms with Gasteiger partial charge in [-0.25, -0.2) is 0 Å². The minimum absolute atomic E-state index is 0. The van der Waals surface area contributed by atoms with E-state index >= 15 is 0 Å². The zero-order valence-electron chi connectivity index (χ0n) is 3.43. The first-order chi connectivity index (χ1) is 2.89. The van der Waals surface area contributed by atoms with E-state index in [0.717, 1.165) is 0 Å². The third-order valence-corrected chi connectivity index (χ3v) is 0.702. The van der Waals surface area contributed by atoms with Crippen LogP contribution >= 0.6 is 24.0 Å². The van der Waals surface area contributed by atoms with E-state index < -0.39 is 0 Å². The van der Waals surface area contributed by atoms with Crippen LogP contribution in [-0.2, 0) is 0 Å². The van der Waals surface area contributed by atoms with Crippen molar-refractivity contribution in [3.63, 3.8) is 0 Å². The summed E-state index contributed by atoms with van der Waals surface area (Å²) in [4.78, 5) is 0. The molecule has 0 aliphatic carbocycles. The molecule has 0 atom stereocenters. The molecule has 0 spiro atoms. The maximum absolute atomic E-state index is 5.29. The van der Waals surface area contributed by atoms with E-state index in [9.17, 15) is 0 Å². The molecule has 0 saturated heterocycles. The van der Waals surface area contributed by atoms with Gasteiger partial charge in [0.1, 0.15) is 0 Å². The van der Waals surface area contributed by atoms with Gasteiger partial charge in [-0.15, -0.1) is 12.4 Å². The summed E-state index contributed by atoms with van der Waals surface area (Å²) < 4.78 is 4.60. The van der Waals surface area contributed by atoms with E-state index in [-0.39, 0.29) is 12.4 Å². The summed E-state index contributed by atoms with van der Waals surface area (Å²) in [6.07, 6.45) is 1.53. The van der Waals surface area contributed by atoms with Gasteiger partial charge in [0, 0.05) is 0 Å². The molecular weight excluding hydrogens is 135 g/mol. The Morgan fingerprint density at radius 2 is 2.29 bits per heavy atom. The molecule has 0 radical (unpaired) electrons. The molecular formula is C4H4Cl2O. The van der Waals surface area contributed by atoms with Crippen molar-refractivity contribution in [2.75, 3.05) is 0 Å². The van der Waals surface area contributed by atoms with Gasteiger partial charge in [-0.2, -0.15) is 0 Å². The van der Waals surface area contributed by atoms with E-state index in [0.29, 0.717) is 5.22 Å². The van der Waals surface area contributed by atoms with Gasteiger partial charge < -0.3 is 4.42 Å². The fourth-order valence-corrected chi connectivity index (χ4v) is 0.383. The third-order valence-electron chi connectivity index (χ3n) is 0.486. The van der Waals surface area contributed by atoms with Crippen LogP contribution in [0.25, 0.3) is 0 Å². The van der Waals surface area contributed by atoms with E-state index in [1.165, 1.54) is 6.26 Å². The second-order valence-corrected chi connectivity index (χ2v) is 1.29. The van der Waals surface area contributed by atoms with Crippen LogP contribution in [0.1, 0.15) is 0 Å². The summed E-state index contributed by atoms with van der Waals surface area (Å²) in [6, 6.07) is 3.42. The van der Waals surface area contributed by atoms with E-state index in [1.54, 1.807) is 12.1 Å². The number of furan rings is 1. The highest BCUT2D eigenvalue weighted by Gasteiger charge is 1.79. The molecule has 1 aromatic heterocycles. The molecule has 0 N–H and O–H groups in total. The molecule has 1 heterocycles. The zero-order chi connectivity index (χ0) is 4.41. The molecule has 1 nitrogen and oxygen atoms in total. The Morgan fingerprint density at radius 1 is 1.57 bits per heavy atom. The van der Waals surface area contributed by atoms with Gasteiger partial charge in [0.15, 0.2) is 5.22 Å². The van der Waals surface area contributed by atoms with Crippen molar-refractivity contribution >= 4 is 24.0 Å². The van der Waals surface area contributed by atoms with Crippen LogP contribution in [0.3, 0.4) is 0 Å². The maximum atomic E-state index is 5.29. The molecule has 0 bridgehead atoms. The molecule has 3 heteroatoms.